The van der Waals surface area contributed by atoms with Gasteiger partial charge in [-0.1, -0.05) is 12.1 Å². The number of aryl methyl sites for hydroxylation is 2. The van der Waals surface area contributed by atoms with Crippen LogP contribution < -0.4 is 15.8 Å². The van der Waals surface area contributed by atoms with E-state index < -0.39 is 0 Å². The molecular weight excluding hydrogens is 236 g/mol. The van der Waals surface area contributed by atoms with Gasteiger partial charge in [0.25, 0.3) is 0 Å². The zero-order chi connectivity index (χ0) is 14.0. The normalized spacial score (nSPS) is 27.3. The number of hydrogen-bond donors (Lipinski definition) is 2. The van der Waals surface area contributed by atoms with Crippen molar-refractivity contribution in [2.45, 2.75) is 39.2 Å². The molecule has 0 amide bonds. The minimum atomic E-state index is 0.531. The molecule has 3 N–H and O–H groups in total. The summed E-state index contributed by atoms with van der Waals surface area (Å²) in [6.45, 7) is 8.26. The maximum atomic E-state index is 5.94. The molecule has 0 aromatic heterocycles. The van der Waals surface area contributed by atoms with Crippen LogP contribution in [-0.4, -0.2) is 26.2 Å². The number of rotatable bonds is 3. The van der Waals surface area contributed by atoms with E-state index in [0.29, 0.717) is 17.9 Å². The van der Waals surface area contributed by atoms with Crippen LogP contribution in [-0.2, 0) is 0 Å². The molecule has 19 heavy (non-hydrogen) atoms. The molecule has 3 unspecified atom stereocenters. The van der Waals surface area contributed by atoms with E-state index in [2.05, 4.69) is 38.2 Å². The third kappa shape index (κ3) is 2.93. The molecular formula is C16H26N2O. The Balaban J connectivity index is 2.34. The van der Waals surface area contributed by atoms with Crippen molar-refractivity contribution in [3.05, 3.63) is 28.8 Å². The molecule has 1 saturated heterocycles. The Bertz CT molecular complexity index is 421. The van der Waals surface area contributed by atoms with Crippen molar-refractivity contribution in [1.82, 2.24) is 5.32 Å². The summed E-state index contributed by atoms with van der Waals surface area (Å²) in [6.07, 6.45) is 1.16. The van der Waals surface area contributed by atoms with Gasteiger partial charge >= 0.3 is 0 Å². The Hall–Kier alpha value is -1.06. The van der Waals surface area contributed by atoms with E-state index in [9.17, 15) is 0 Å². The molecule has 0 radical (unpaired) electrons. The van der Waals surface area contributed by atoms with Crippen LogP contribution in [0.3, 0.4) is 0 Å². The van der Waals surface area contributed by atoms with Crippen molar-refractivity contribution >= 4 is 0 Å². The molecule has 3 heteroatoms. The summed E-state index contributed by atoms with van der Waals surface area (Å²) in [5.74, 6) is 2.10. The predicted octanol–water partition coefficient (Wildman–Crippen LogP) is 2.35. The first kappa shape index (κ1) is 14.4. The van der Waals surface area contributed by atoms with Gasteiger partial charge in [-0.15, -0.1) is 0 Å². The van der Waals surface area contributed by atoms with Crippen LogP contribution in [0.5, 0.6) is 5.75 Å². The molecule has 1 fully saturated rings. The molecule has 0 bridgehead atoms. The second-order valence-corrected chi connectivity index (χ2v) is 5.84. The van der Waals surface area contributed by atoms with Crippen molar-refractivity contribution in [1.29, 1.82) is 0 Å². The first-order valence-corrected chi connectivity index (χ1v) is 7.15. The minimum absolute atomic E-state index is 0.531. The lowest BCUT2D eigenvalue weighted by Crippen LogP contribution is -2.44. The Morgan fingerprint density at radius 3 is 2.47 bits per heavy atom. The Kier molecular flexibility index (Phi) is 4.48. The highest BCUT2D eigenvalue weighted by molar-refractivity contribution is 5.44. The molecule has 0 spiro atoms. The van der Waals surface area contributed by atoms with Crippen LogP contribution in [0.15, 0.2) is 12.1 Å². The van der Waals surface area contributed by atoms with Gasteiger partial charge in [0.15, 0.2) is 0 Å². The molecule has 1 heterocycles. The summed E-state index contributed by atoms with van der Waals surface area (Å²) < 4.78 is 5.46. The average molecular weight is 262 g/mol. The van der Waals surface area contributed by atoms with Crippen molar-refractivity contribution in [2.24, 2.45) is 11.7 Å². The molecule has 1 aromatic carbocycles. The molecule has 0 aliphatic carbocycles. The van der Waals surface area contributed by atoms with Gasteiger partial charge in [-0.25, -0.2) is 0 Å². The highest BCUT2D eigenvalue weighted by Crippen LogP contribution is 2.35. The highest BCUT2D eigenvalue weighted by atomic mass is 16.5. The van der Waals surface area contributed by atoms with Crippen molar-refractivity contribution in [2.75, 3.05) is 20.2 Å². The molecule has 3 atom stereocenters. The Morgan fingerprint density at radius 1 is 1.32 bits per heavy atom. The number of methoxy groups -OCH3 is 1. The lowest BCUT2D eigenvalue weighted by Gasteiger charge is -2.36. The van der Waals surface area contributed by atoms with Crippen LogP contribution in [0.1, 0.15) is 36.0 Å². The van der Waals surface area contributed by atoms with Crippen LogP contribution >= 0.6 is 0 Å². The number of ether oxygens (including phenoxy) is 1. The zero-order valence-corrected chi connectivity index (χ0v) is 12.5. The summed E-state index contributed by atoms with van der Waals surface area (Å²) in [5, 5.41) is 3.53. The van der Waals surface area contributed by atoms with Gasteiger partial charge in [-0.05, 0) is 68.8 Å². The average Bonchev–Trinajstić information content (AvgIpc) is 2.38. The van der Waals surface area contributed by atoms with Gasteiger partial charge in [0.05, 0.1) is 7.11 Å². The number of nitrogens with one attached hydrogen (secondary N) is 1. The van der Waals surface area contributed by atoms with Crippen LogP contribution in [0.25, 0.3) is 0 Å². The predicted molar refractivity (Wildman–Crippen MR) is 79.8 cm³/mol. The minimum Gasteiger partial charge on any atom is -0.496 e. The van der Waals surface area contributed by atoms with Crippen molar-refractivity contribution in [3.63, 3.8) is 0 Å². The fourth-order valence-corrected chi connectivity index (χ4v) is 3.33. The molecule has 1 aromatic rings. The summed E-state index contributed by atoms with van der Waals surface area (Å²) >= 11 is 0. The van der Waals surface area contributed by atoms with Gasteiger partial charge in [-0.3, -0.25) is 0 Å². The number of piperidine rings is 1. The monoisotopic (exact) mass is 262 g/mol. The van der Waals surface area contributed by atoms with E-state index >= 15 is 0 Å². The van der Waals surface area contributed by atoms with Crippen molar-refractivity contribution < 1.29 is 4.74 Å². The molecule has 3 nitrogen and oxygen atoms in total. The van der Waals surface area contributed by atoms with Gasteiger partial charge in [0, 0.05) is 6.04 Å². The number of benzene rings is 1. The molecule has 1 aliphatic rings. The van der Waals surface area contributed by atoms with Crippen LogP contribution in [0.4, 0.5) is 0 Å². The standard InChI is InChI=1S/C16H26N2O/c1-10-5-13(6-11(2)16(10)19-4)15-7-12(3)18-9-14(15)8-17/h5-6,12,14-15,18H,7-9,17H2,1-4H3. The smallest absolute Gasteiger partial charge is 0.124 e. The summed E-state index contributed by atoms with van der Waals surface area (Å²) in [4.78, 5) is 0. The molecule has 2 rings (SSSR count). The van der Waals surface area contributed by atoms with E-state index in [1.54, 1.807) is 7.11 Å². The molecule has 106 valence electrons. The SMILES string of the molecule is COc1c(C)cc(C2CC(C)NCC2CN)cc1C. The van der Waals surface area contributed by atoms with Crippen LogP contribution in [0, 0.1) is 19.8 Å². The van der Waals surface area contributed by atoms with Gasteiger partial charge < -0.3 is 15.8 Å². The summed E-state index contributed by atoms with van der Waals surface area (Å²) in [5.41, 5.74) is 9.80. The maximum Gasteiger partial charge on any atom is 0.124 e. The summed E-state index contributed by atoms with van der Waals surface area (Å²) in [7, 11) is 1.74. The Labute approximate surface area is 116 Å². The lowest BCUT2D eigenvalue weighted by molar-refractivity contribution is 0.284. The van der Waals surface area contributed by atoms with E-state index in [4.69, 9.17) is 10.5 Å². The fraction of sp³-hybridized carbons (Fsp3) is 0.625. The number of hydrogen-bond acceptors (Lipinski definition) is 3. The quantitative estimate of drug-likeness (QED) is 0.879. The van der Waals surface area contributed by atoms with Crippen molar-refractivity contribution in [3.8, 4) is 5.75 Å². The van der Waals surface area contributed by atoms with E-state index in [-0.39, 0.29) is 0 Å². The molecule has 0 saturated carbocycles. The first-order valence-electron chi connectivity index (χ1n) is 7.15. The number of nitrogens with two attached hydrogens (primary N) is 1. The second kappa shape index (κ2) is 5.93. The van der Waals surface area contributed by atoms with E-state index in [1.165, 1.54) is 16.7 Å². The van der Waals surface area contributed by atoms with Gasteiger partial charge in [-0.2, -0.15) is 0 Å². The van der Waals surface area contributed by atoms with E-state index in [1.807, 2.05) is 0 Å². The van der Waals surface area contributed by atoms with Crippen LogP contribution in [0.2, 0.25) is 0 Å². The Morgan fingerprint density at radius 2 is 1.95 bits per heavy atom. The first-order chi connectivity index (χ1) is 9.06. The third-order valence-corrected chi connectivity index (χ3v) is 4.32. The third-order valence-electron chi connectivity index (χ3n) is 4.32. The van der Waals surface area contributed by atoms with Gasteiger partial charge in [0.1, 0.15) is 5.75 Å². The maximum absolute atomic E-state index is 5.94. The highest BCUT2D eigenvalue weighted by Gasteiger charge is 2.29. The van der Waals surface area contributed by atoms with E-state index in [0.717, 1.165) is 25.3 Å². The zero-order valence-electron chi connectivity index (χ0n) is 12.5. The molecule has 1 aliphatic heterocycles. The second-order valence-electron chi connectivity index (χ2n) is 5.84. The van der Waals surface area contributed by atoms with Gasteiger partial charge in [0.2, 0.25) is 0 Å². The fourth-order valence-electron chi connectivity index (χ4n) is 3.33. The largest absolute Gasteiger partial charge is 0.496 e. The lowest BCUT2D eigenvalue weighted by atomic mass is 9.78. The topological polar surface area (TPSA) is 47.3 Å². The summed E-state index contributed by atoms with van der Waals surface area (Å²) in [6, 6.07) is 5.12.